The molecule has 0 aromatic heterocycles. The van der Waals surface area contributed by atoms with Gasteiger partial charge in [0.2, 0.25) is 5.91 Å². The first-order valence-corrected chi connectivity index (χ1v) is 7.44. The molecular weight excluding hydrogens is 224 g/mol. The number of amides is 1. The zero-order valence-corrected chi connectivity index (χ0v) is 12.1. The number of nitrogens with one attached hydrogen (secondary N) is 1. The van der Waals surface area contributed by atoms with Crippen LogP contribution in [0.4, 0.5) is 0 Å². The third-order valence-corrected chi connectivity index (χ3v) is 5.97. The normalized spacial score (nSPS) is 46.1. The van der Waals surface area contributed by atoms with Gasteiger partial charge < -0.3 is 4.90 Å². The van der Waals surface area contributed by atoms with Gasteiger partial charge >= 0.3 is 0 Å². The Kier molecular flexibility index (Phi) is 2.58. The predicted molar refractivity (Wildman–Crippen MR) is 71.9 cm³/mol. The highest BCUT2D eigenvalue weighted by Gasteiger charge is 2.63. The van der Waals surface area contributed by atoms with Crippen molar-refractivity contribution in [2.45, 2.75) is 65.6 Å². The van der Waals surface area contributed by atoms with Gasteiger partial charge in [-0.05, 0) is 42.4 Å². The van der Waals surface area contributed by atoms with Gasteiger partial charge in [0, 0.05) is 6.04 Å². The van der Waals surface area contributed by atoms with Crippen LogP contribution in [0.1, 0.15) is 53.4 Å². The van der Waals surface area contributed by atoms with Crippen molar-refractivity contribution in [2.24, 2.45) is 16.7 Å². The van der Waals surface area contributed by atoms with Crippen LogP contribution in [-0.4, -0.2) is 29.6 Å². The Hall–Kier alpha value is -0.570. The monoisotopic (exact) mass is 250 g/mol. The molecule has 1 heterocycles. The van der Waals surface area contributed by atoms with E-state index >= 15 is 0 Å². The van der Waals surface area contributed by atoms with E-state index < -0.39 is 0 Å². The Morgan fingerprint density at radius 2 is 2.11 bits per heavy atom. The SMILES string of the molecule is CCC1NCC(=O)N1C1C2(C)CCC(C2)C1(C)C. The van der Waals surface area contributed by atoms with E-state index in [1.54, 1.807) is 0 Å². The van der Waals surface area contributed by atoms with Gasteiger partial charge in [-0.25, -0.2) is 0 Å². The lowest BCUT2D eigenvalue weighted by atomic mass is 9.67. The summed E-state index contributed by atoms with van der Waals surface area (Å²) in [6.45, 7) is 9.87. The van der Waals surface area contributed by atoms with Crippen molar-refractivity contribution in [3.05, 3.63) is 0 Å². The largest absolute Gasteiger partial charge is 0.322 e. The van der Waals surface area contributed by atoms with E-state index in [0.717, 1.165) is 12.3 Å². The maximum Gasteiger partial charge on any atom is 0.238 e. The molecule has 0 aromatic carbocycles. The fourth-order valence-corrected chi connectivity index (χ4v) is 5.20. The lowest BCUT2D eigenvalue weighted by Crippen LogP contribution is -2.56. The van der Waals surface area contributed by atoms with E-state index in [0.29, 0.717) is 23.9 Å². The van der Waals surface area contributed by atoms with Gasteiger partial charge in [0.25, 0.3) is 0 Å². The fraction of sp³-hybridized carbons (Fsp3) is 0.933. The predicted octanol–water partition coefficient (Wildman–Crippen LogP) is 2.37. The van der Waals surface area contributed by atoms with Crippen LogP contribution in [0.3, 0.4) is 0 Å². The molecule has 3 heteroatoms. The molecule has 1 amide bonds. The molecule has 3 rings (SSSR count). The van der Waals surface area contributed by atoms with Crippen molar-refractivity contribution in [3.63, 3.8) is 0 Å². The second-order valence-corrected chi connectivity index (χ2v) is 7.42. The van der Waals surface area contributed by atoms with Gasteiger partial charge in [0.1, 0.15) is 0 Å². The molecule has 0 radical (unpaired) electrons. The average molecular weight is 250 g/mol. The lowest BCUT2D eigenvalue weighted by Gasteiger charge is -2.49. The molecule has 1 saturated heterocycles. The summed E-state index contributed by atoms with van der Waals surface area (Å²) in [6, 6.07) is 0.427. The van der Waals surface area contributed by atoms with Gasteiger partial charge in [-0.1, -0.05) is 27.7 Å². The molecule has 1 aliphatic heterocycles. The summed E-state index contributed by atoms with van der Waals surface area (Å²) < 4.78 is 0. The summed E-state index contributed by atoms with van der Waals surface area (Å²) in [5.41, 5.74) is 0.630. The molecule has 0 aromatic rings. The zero-order valence-electron chi connectivity index (χ0n) is 12.1. The molecule has 2 saturated carbocycles. The molecule has 3 nitrogen and oxygen atoms in total. The minimum atomic E-state index is 0.262. The van der Waals surface area contributed by atoms with Crippen molar-refractivity contribution in [1.29, 1.82) is 0 Å². The van der Waals surface area contributed by atoms with Crippen LogP contribution in [-0.2, 0) is 4.79 Å². The standard InChI is InChI=1S/C15H26N2O/c1-5-11-16-9-12(18)17(11)13-14(2,3)10-6-7-15(13,4)8-10/h10-11,13,16H,5-9H2,1-4H3. The molecule has 2 bridgehead atoms. The topological polar surface area (TPSA) is 32.3 Å². The van der Waals surface area contributed by atoms with E-state index in [4.69, 9.17) is 0 Å². The highest BCUT2D eigenvalue weighted by atomic mass is 16.2. The van der Waals surface area contributed by atoms with Crippen LogP contribution in [0.25, 0.3) is 0 Å². The number of fused-ring (bicyclic) bond motifs is 2. The number of carbonyl (C=O) groups is 1. The molecule has 3 fully saturated rings. The maximum absolute atomic E-state index is 12.3. The summed E-state index contributed by atoms with van der Waals surface area (Å²) in [4.78, 5) is 14.5. The summed E-state index contributed by atoms with van der Waals surface area (Å²) in [7, 11) is 0. The fourth-order valence-electron chi connectivity index (χ4n) is 5.20. The average Bonchev–Trinajstić information content (AvgIpc) is 2.89. The van der Waals surface area contributed by atoms with Crippen LogP contribution >= 0.6 is 0 Å². The first kappa shape index (κ1) is 12.5. The third kappa shape index (κ3) is 1.43. The molecule has 4 unspecified atom stereocenters. The molecule has 3 aliphatic rings. The summed E-state index contributed by atoms with van der Waals surface area (Å²) in [5.74, 6) is 1.12. The number of hydrogen-bond donors (Lipinski definition) is 1. The van der Waals surface area contributed by atoms with Crippen LogP contribution in [0.5, 0.6) is 0 Å². The van der Waals surface area contributed by atoms with Gasteiger partial charge in [-0.3, -0.25) is 10.1 Å². The van der Waals surface area contributed by atoms with Crippen molar-refractivity contribution in [2.75, 3.05) is 6.54 Å². The summed E-state index contributed by atoms with van der Waals surface area (Å²) in [6.07, 6.45) is 5.24. The maximum atomic E-state index is 12.3. The lowest BCUT2D eigenvalue weighted by molar-refractivity contribution is -0.137. The highest BCUT2D eigenvalue weighted by Crippen LogP contribution is 2.64. The zero-order chi connectivity index (χ0) is 13.1. The van der Waals surface area contributed by atoms with Gasteiger partial charge in [0.15, 0.2) is 0 Å². The Bertz CT molecular complexity index is 374. The quantitative estimate of drug-likeness (QED) is 0.816. The van der Waals surface area contributed by atoms with Gasteiger partial charge in [-0.15, -0.1) is 0 Å². The van der Waals surface area contributed by atoms with E-state index in [1.807, 2.05) is 0 Å². The second-order valence-electron chi connectivity index (χ2n) is 7.42. The highest BCUT2D eigenvalue weighted by molar-refractivity contribution is 5.81. The van der Waals surface area contributed by atoms with Crippen LogP contribution < -0.4 is 5.32 Å². The van der Waals surface area contributed by atoms with Crippen LogP contribution in [0, 0.1) is 16.7 Å². The molecule has 102 valence electrons. The van der Waals surface area contributed by atoms with Crippen molar-refractivity contribution in [3.8, 4) is 0 Å². The number of nitrogens with zero attached hydrogens (tertiary/aromatic N) is 1. The minimum Gasteiger partial charge on any atom is -0.322 e. The van der Waals surface area contributed by atoms with E-state index in [1.165, 1.54) is 19.3 Å². The van der Waals surface area contributed by atoms with E-state index in [2.05, 4.69) is 37.9 Å². The van der Waals surface area contributed by atoms with Crippen molar-refractivity contribution >= 4 is 5.91 Å². The van der Waals surface area contributed by atoms with Crippen molar-refractivity contribution < 1.29 is 4.79 Å². The number of carbonyl (C=O) groups excluding carboxylic acids is 1. The molecule has 2 aliphatic carbocycles. The Morgan fingerprint density at radius 3 is 2.67 bits per heavy atom. The van der Waals surface area contributed by atoms with E-state index in [9.17, 15) is 4.79 Å². The second kappa shape index (κ2) is 3.72. The van der Waals surface area contributed by atoms with E-state index in [-0.39, 0.29) is 11.6 Å². The molecule has 0 spiro atoms. The minimum absolute atomic E-state index is 0.262. The van der Waals surface area contributed by atoms with Crippen LogP contribution in [0.15, 0.2) is 0 Å². The third-order valence-electron chi connectivity index (χ3n) is 5.97. The molecule has 4 atom stereocenters. The van der Waals surface area contributed by atoms with Crippen LogP contribution in [0.2, 0.25) is 0 Å². The van der Waals surface area contributed by atoms with Crippen molar-refractivity contribution in [1.82, 2.24) is 10.2 Å². The number of hydrogen-bond acceptors (Lipinski definition) is 2. The van der Waals surface area contributed by atoms with Gasteiger partial charge in [0.05, 0.1) is 12.7 Å². The molecule has 1 N–H and O–H groups in total. The van der Waals surface area contributed by atoms with Gasteiger partial charge in [-0.2, -0.15) is 0 Å². The Morgan fingerprint density at radius 1 is 1.39 bits per heavy atom. The Labute approximate surface area is 110 Å². The number of rotatable bonds is 2. The smallest absolute Gasteiger partial charge is 0.238 e. The first-order valence-electron chi connectivity index (χ1n) is 7.44. The first-order chi connectivity index (χ1) is 8.40. The summed E-state index contributed by atoms with van der Waals surface area (Å²) in [5, 5.41) is 3.37. The molecule has 18 heavy (non-hydrogen) atoms. The molecular formula is C15H26N2O. The summed E-state index contributed by atoms with van der Waals surface area (Å²) >= 11 is 0. The Balaban J connectivity index is 1.97.